The highest BCUT2D eigenvalue weighted by molar-refractivity contribution is 5.95. The van der Waals surface area contributed by atoms with Crippen LogP contribution in [0.15, 0.2) is 30.3 Å². The molecule has 0 saturated heterocycles. The van der Waals surface area contributed by atoms with Gasteiger partial charge in [0.1, 0.15) is 5.56 Å². The summed E-state index contributed by atoms with van der Waals surface area (Å²) in [7, 11) is 0. The van der Waals surface area contributed by atoms with E-state index in [2.05, 4.69) is 5.10 Å². The van der Waals surface area contributed by atoms with Crippen LogP contribution in [-0.4, -0.2) is 28.1 Å². The van der Waals surface area contributed by atoms with Gasteiger partial charge in [-0.1, -0.05) is 18.2 Å². The van der Waals surface area contributed by atoms with E-state index in [1.165, 1.54) is 19.3 Å². The van der Waals surface area contributed by atoms with Crippen LogP contribution < -0.4 is 0 Å². The number of nitrogens with zero attached hydrogens (tertiary/aromatic N) is 2. The standard InChI is InChI=1S/C24H28N2O3/c1-15-22(16(2)26(25-15)20-6-4-3-5-7-20)23(28)29-14-21(27)24-11-17-8-18(12-24)10-19(9-17)13-24/h3-7,17-19H,8-14H2,1-2H3. The molecule has 4 fully saturated rings. The summed E-state index contributed by atoms with van der Waals surface area (Å²) in [5.74, 6) is 1.80. The summed E-state index contributed by atoms with van der Waals surface area (Å²) in [6.45, 7) is 3.56. The fraction of sp³-hybridized carbons (Fsp3) is 0.542. The van der Waals surface area contributed by atoms with E-state index in [4.69, 9.17) is 4.74 Å². The Balaban J connectivity index is 1.30. The first-order chi connectivity index (χ1) is 13.9. The molecule has 152 valence electrons. The third-order valence-corrected chi connectivity index (χ3v) is 7.46. The average molecular weight is 392 g/mol. The molecule has 0 spiro atoms. The minimum atomic E-state index is -0.444. The van der Waals surface area contributed by atoms with Crippen LogP contribution in [0.25, 0.3) is 5.69 Å². The molecule has 29 heavy (non-hydrogen) atoms. The van der Waals surface area contributed by atoms with E-state index in [1.807, 2.05) is 44.2 Å². The molecular formula is C24H28N2O3. The molecule has 0 atom stereocenters. The number of carbonyl (C=O) groups is 2. The number of hydrogen-bond acceptors (Lipinski definition) is 4. The van der Waals surface area contributed by atoms with E-state index < -0.39 is 5.97 Å². The molecule has 5 nitrogen and oxygen atoms in total. The number of benzene rings is 1. The van der Waals surface area contributed by atoms with Crippen molar-refractivity contribution in [2.45, 2.75) is 52.4 Å². The van der Waals surface area contributed by atoms with Crippen LogP contribution in [0.4, 0.5) is 0 Å². The van der Waals surface area contributed by atoms with Crippen molar-refractivity contribution in [3.8, 4) is 5.69 Å². The first-order valence-electron chi connectivity index (χ1n) is 10.8. The second-order valence-corrected chi connectivity index (χ2v) is 9.49. The summed E-state index contributed by atoms with van der Waals surface area (Å²) in [5, 5.41) is 4.51. The Hall–Kier alpha value is -2.43. The Morgan fingerprint density at radius 1 is 1.03 bits per heavy atom. The summed E-state index contributed by atoms with van der Waals surface area (Å²) in [6.07, 6.45) is 6.88. The summed E-state index contributed by atoms with van der Waals surface area (Å²) in [6, 6.07) is 9.72. The number of ether oxygens (including phenoxy) is 1. The Morgan fingerprint density at radius 3 is 2.21 bits per heavy atom. The van der Waals surface area contributed by atoms with Gasteiger partial charge < -0.3 is 4.74 Å². The highest BCUT2D eigenvalue weighted by atomic mass is 16.5. The molecule has 0 unspecified atom stereocenters. The van der Waals surface area contributed by atoms with Crippen LogP contribution in [0.1, 0.15) is 60.3 Å². The van der Waals surface area contributed by atoms with Gasteiger partial charge >= 0.3 is 5.97 Å². The molecular weight excluding hydrogens is 364 g/mol. The largest absolute Gasteiger partial charge is 0.454 e. The molecule has 4 saturated carbocycles. The molecule has 0 amide bonds. The fourth-order valence-electron chi connectivity index (χ4n) is 6.57. The van der Waals surface area contributed by atoms with E-state index in [-0.39, 0.29) is 17.8 Å². The molecule has 5 heteroatoms. The number of Topliss-reactive ketones (excluding diaryl/α,β-unsaturated/α-hetero) is 1. The van der Waals surface area contributed by atoms with Gasteiger partial charge in [-0.05, 0) is 82.3 Å². The van der Waals surface area contributed by atoms with Gasteiger partial charge in [-0.3, -0.25) is 4.79 Å². The molecule has 6 rings (SSSR count). The molecule has 4 bridgehead atoms. The van der Waals surface area contributed by atoms with Crippen LogP contribution in [0.3, 0.4) is 0 Å². The van der Waals surface area contributed by atoms with Crippen LogP contribution in [-0.2, 0) is 9.53 Å². The molecule has 0 aliphatic heterocycles. The zero-order valence-electron chi connectivity index (χ0n) is 17.2. The van der Waals surface area contributed by atoms with Gasteiger partial charge in [0.25, 0.3) is 0 Å². The second-order valence-electron chi connectivity index (χ2n) is 9.49. The number of aryl methyl sites for hydroxylation is 1. The topological polar surface area (TPSA) is 61.2 Å². The summed E-state index contributed by atoms with van der Waals surface area (Å²) in [5.41, 5.74) is 2.50. The molecule has 1 aromatic carbocycles. The first-order valence-corrected chi connectivity index (χ1v) is 10.8. The molecule has 2 aromatic rings. The summed E-state index contributed by atoms with van der Waals surface area (Å²) in [4.78, 5) is 26.0. The van der Waals surface area contributed by atoms with Crippen molar-refractivity contribution >= 4 is 11.8 Å². The predicted molar refractivity (Wildman–Crippen MR) is 109 cm³/mol. The van der Waals surface area contributed by atoms with E-state index in [9.17, 15) is 9.59 Å². The third-order valence-electron chi connectivity index (χ3n) is 7.46. The zero-order valence-corrected chi connectivity index (χ0v) is 17.2. The fourth-order valence-corrected chi connectivity index (χ4v) is 6.57. The molecule has 4 aliphatic rings. The lowest BCUT2D eigenvalue weighted by atomic mass is 9.48. The van der Waals surface area contributed by atoms with Gasteiger partial charge in [0.2, 0.25) is 0 Å². The minimum absolute atomic E-state index is 0.111. The molecule has 1 aromatic heterocycles. The summed E-state index contributed by atoms with van der Waals surface area (Å²) >= 11 is 0. The number of para-hydroxylation sites is 1. The van der Waals surface area contributed by atoms with E-state index >= 15 is 0 Å². The number of hydrogen-bond donors (Lipinski definition) is 0. The minimum Gasteiger partial charge on any atom is -0.454 e. The van der Waals surface area contributed by atoms with Crippen molar-refractivity contribution in [3.63, 3.8) is 0 Å². The quantitative estimate of drug-likeness (QED) is 0.706. The molecule has 4 aliphatic carbocycles. The van der Waals surface area contributed by atoms with Gasteiger partial charge in [0.05, 0.1) is 17.1 Å². The lowest BCUT2D eigenvalue weighted by molar-refractivity contribution is -0.147. The van der Waals surface area contributed by atoms with E-state index in [0.29, 0.717) is 29.0 Å². The van der Waals surface area contributed by atoms with Gasteiger partial charge in [-0.15, -0.1) is 0 Å². The van der Waals surface area contributed by atoms with E-state index in [0.717, 1.165) is 30.6 Å². The maximum Gasteiger partial charge on any atom is 0.342 e. The number of esters is 1. The predicted octanol–water partition coefficient (Wildman–Crippen LogP) is 4.43. The number of carbonyl (C=O) groups excluding carboxylic acids is 2. The Labute approximate surface area is 171 Å². The second kappa shape index (κ2) is 6.82. The van der Waals surface area contributed by atoms with Crippen LogP contribution in [0, 0.1) is 37.0 Å². The monoisotopic (exact) mass is 392 g/mol. The smallest absolute Gasteiger partial charge is 0.342 e. The van der Waals surface area contributed by atoms with Gasteiger partial charge in [-0.25, -0.2) is 9.48 Å². The van der Waals surface area contributed by atoms with Crippen molar-refractivity contribution < 1.29 is 14.3 Å². The van der Waals surface area contributed by atoms with Crippen molar-refractivity contribution in [1.29, 1.82) is 0 Å². The van der Waals surface area contributed by atoms with Crippen molar-refractivity contribution in [2.75, 3.05) is 6.61 Å². The highest BCUT2D eigenvalue weighted by Gasteiger charge is 2.54. The zero-order chi connectivity index (χ0) is 20.2. The van der Waals surface area contributed by atoms with E-state index in [1.54, 1.807) is 4.68 Å². The summed E-state index contributed by atoms with van der Waals surface area (Å²) < 4.78 is 7.31. The molecule has 1 heterocycles. The van der Waals surface area contributed by atoms with Gasteiger partial charge in [-0.2, -0.15) is 5.10 Å². The number of aromatic nitrogens is 2. The van der Waals surface area contributed by atoms with Crippen LogP contribution >= 0.6 is 0 Å². The number of ketones is 1. The Kier molecular flexibility index (Phi) is 4.37. The lowest BCUT2D eigenvalue weighted by Gasteiger charge is -2.55. The molecule has 0 N–H and O–H groups in total. The first kappa shape index (κ1) is 18.6. The third kappa shape index (κ3) is 3.11. The molecule has 0 radical (unpaired) electrons. The van der Waals surface area contributed by atoms with Gasteiger partial charge in [0, 0.05) is 5.41 Å². The van der Waals surface area contributed by atoms with Crippen molar-refractivity contribution in [1.82, 2.24) is 9.78 Å². The van der Waals surface area contributed by atoms with Crippen LogP contribution in [0.2, 0.25) is 0 Å². The lowest BCUT2D eigenvalue weighted by Crippen LogP contribution is -2.51. The SMILES string of the molecule is Cc1nn(-c2ccccc2)c(C)c1C(=O)OCC(=O)C12CC3CC(CC(C3)C1)C2. The maximum absolute atomic E-state index is 13.1. The highest BCUT2D eigenvalue weighted by Crippen LogP contribution is 2.60. The normalized spacial score (nSPS) is 29.8. The number of rotatable bonds is 5. The van der Waals surface area contributed by atoms with Crippen molar-refractivity contribution in [3.05, 3.63) is 47.3 Å². The Bertz CT molecular complexity index is 925. The average Bonchev–Trinajstić information content (AvgIpc) is 2.99. The van der Waals surface area contributed by atoms with Crippen molar-refractivity contribution in [2.24, 2.45) is 23.2 Å². The Morgan fingerprint density at radius 2 is 1.62 bits per heavy atom. The maximum atomic E-state index is 13.1. The van der Waals surface area contributed by atoms with Gasteiger partial charge in [0.15, 0.2) is 12.4 Å². The van der Waals surface area contributed by atoms with Crippen LogP contribution in [0.5, 0.6) is 0 Å².